The highest BCUT2D eigenvalue weighted by Gasteiger charge is 2.16. The zero-order valence-electron chi connectivity index (χ0n) is 16.0. The lowest BCUT2D eigenvalue weighted by Gasteiger charge is -2.11. The molecule has 3 aromatic rings. The highest BCUT2D eigenvalue weighted by atomic mass is 16.5. The molecular weight excluding hydrogens is 356 g/mol. The maximum Gasteiger partial charge on any atom is 0.338 e. The Balaban J connectivity index is 1.53. The van der Waals surface area contributed by atoms with Gasteiger partial charge in [-0.05, 0) is 80.6 Å². The van der Waals surface area contributed by atoms with Gasteiger partial charge in [-0.1, -0.05) is 0 Å². The monoisotopic (exact) mass is 378 g/mol. The molecule has 1 aliphatic rings. The molecule has 5 heteroatoms. The van der Waals surface area contributed by atoms with E-state index in [0.717, 1.165) is 24.6 Å². The van der Waals surface area contributed by atoms with Crippen molar-refractivity contribution in [2.24, 2.45) is 0 Å². The smallest absolute Gasteiger partial charge is 0.338 e. The number of carbonyl (C=O) groups is 1. The van der Waals surface area contributed by atoms with Crippen molar-refractivity contribution in [1.82, 2.24) is 0 Å². The van der Waals surface area contributed by atoms with E-state index in [1.807, 2.05) is 19.9 Å². The summed E-state index contributed by atoms with van der Waals surface area (Å²) < 4.78 is 16.4. The Bertz CT molecular complexity index is 1080. The Labute approximate surface area is 162 Å². The average Bonchev–Trinajstić information content (AvgIpc) is 3.11. The highest BCUT2D eigenvalue weighted by molar-refractivity contribution is 5.90. The van der Waals surface area contributed by atoms with Gasteiger partial charge in [-0.2, -0.15) is 0 Å². The molecule has 0 radical (unpaired) electrons. The van der Waals surface area contributed by atoms with E-state index >= 15 is 0 Å². The fraction of sp³-hybridized carbons (Fsp3) is 0.304. The second kappa shape index (κ2) is 7.50. The van der Waals surface area contributed by atoms with Gasteiger partial charge < -0.3 is 13.9 Å². The Morgan fingerprint density at radius 3 is 2.50 bits per heavy atom. The lowest BCUT2D eigenvalue weighted by molar-refractivity contribution is 0.0474. The number of fused-ring (bicyclic) bond motifs is 2. The van der Waals surface area contributed by atoms with Gasteiger partial charge in [0.15, 0.2) is 0 Å². The van der Waals surface area contributed by atoms with Crippen molar-refractivity contribution in [3.63, 3.8) is 0 Å². The number of aryl methyl sites for hydroxylation is 2. The quantitative estimate of drug-likeness (QED) is 0.485. The SMILES string of the molecule is CC(C)Oc1ccc(C(=O)OCc2cc(=O)oc3cc4c(cc23)CCC4)cc1. The lowest BCUT2D eigenvalue weighted by atomic mass is 10.0. The number of esters is 1. The van der Waals surface area contributed by atoms with Crippen LogP contribution in [0.4, 0.5) is 0 Å². The van der Waals surface area contributed by atoms with Crippen LogP contribution in [0, 0.1) is 0 Å². The van der Waals surface area contributed by atoms with Crippen molar-refractivity contribution >= 4 is 16.9 Å². The van der Waals surface area contributed by atoms with Gasteiger partial charge in [0.05, 0.1) is 11.7 Å². The standard InChI is InChI=1S/C23H22O5/c1-14(2)27-19-8-6-15(7-9-19)23(25)26-13-18-12-22(24)28-21-11-17-5-3-4-16(17)10-20(18)21/h6-12,14H,3-5,13H2,1-2H3. The molecule has 2 aromatic carbocycles. The van der Waals surface area contributed by atoms with Gasteiger partial charge in [-0.25, -0.2) is 9.59 Å². The zero-order chi connectivity index (χ0) is 19.7. The molecule has 1 aromatic heterocycles. The fourth-order valence-corrected chi connectivity index (χ4v) is 3.58. The van der Waals surface area contributed by atoms with Crippen LogP contribution in [0.15, 0.2) is 51.7 Å². The second-order valence-electron chi connectivity index (χ2n) is 7.33. The van der Waals surface area contributed by atoms with Crippen molar-refractivity contribution in [3.05, 3.63) is 75.1 Å². The largest absolute Gasteiger partial charge is 0.491 e. The molecule has 0 bridgehead atoms. The molecule has 0 saturated heterocycles. The molecule has 0 unspecified atom stereocenters. The van der Waals surface area contributed by atoms with Gasteiger partial charge >= 0.3 is 11.6 Å². The third-order valence-electron chi connectivity index (χ3n) is 4.86. The van der Waals surface area contributed by atoms with Crippen LogP contribution in [0.25, 0.3) is 11.0 Å². The summed E-state index contributed by atoms with van der Waals surface area (Å²) in [5, 5.41) is 0.828. The van der Waals surface area contributed by atoms with Gasteiger partial charge in [0.25, 0.3) is 0 Å². The maximum atomic E-state index is 12.4. The van der Waals surface area contributed by atoms with E-state index in [-0.39, 0.29) is 12.7 Å². The summed E-state index contributed by atoms with van der Waals surface area (Å²) in [6, 6.07) is 12.2. The molecule has 0 N–H and O–H groups in total. The minimum absolute atomic E-state index is 0.0178. The molecule has 1 aliphatic carbocycles. The molecule has 5 nitrogen and oxygen atoms in total. The van der Waals surface area contributed by atoms with Crippen LogP contribution >= 0.6 is 0 Å². The number of benzene rings is 2. The first kappa shape index (κ1) is 18.3. The summed E-state index contributed by atoms with van der Waals surface area (Å²) in [5.74, 6) is 0.255. The first-order chi connectivity index (χ1) is 13.5. The van der Waals surface area contributed by atoms with Crippen LogP contribution < -0.4 is 10.4 Å². The molecule has 144 valence electrons. The van der Waals surface area contributed by atoms with E-state index in [2.05, 4.69) is 6.07 Å². The number of rotatable bonds is 5. The van der Waals surface area contributed by atoms with Crippen molar-refractivity contribution in [2.45, 2.75) is 45.8 Å². The van der Waals surface area contributed by atoms with Crippen molar-refractivity contribution in [2.75, 3.05) is 0 Å². The maximum absolute atomic E-state index is 12.4. The van der Waals surface area contributed by atoms with Crippen molar-refractivity contribution < 1.29 is 18.7 Å². The van der Waals surface area contributed by atoms with Gasteiger partial charge in [0, 0.05) is 17.0 Å². The van der Waals surface area contributed by atoms with Gasteiger partial charge in [-0.3, -0.25) is 0 Å². The molecule has 4 rings (SSSR count). The molecule has 1 heterocycles. The molecule has 0 atom stereocenters. The predicted molar refractivity (Wildman–Crippen MR) is 106 cm³/mol. The lowest BCUT2D eigenvalue weighted by Crippen LogP contribution is -2.09. The first-order valence-electron chi connectivity index (χ1n) is 9.52. The van der Waals surface area contributed by atoms with Gasteiger partial charge in [0.2, 0.25) is 0 Å². The van der Waals surface area contributed by atoms with Crippen molar-refractivity contribution in [1.29, 1.82) is 0 Å². The van der Waals surface area contributed by atoms with E-state index in [4.69, 9.17) is 13.9 Å². The molecule has 0 aliphatic heterocycles. The third kappa shape index (κ3) is 3.79. The Hall–Kier alpha value is -3.08. The number of carbonyl (C=O) groups excluding carboxylic acids is 1. The predicted octanol–water partition coefficient (Wildman–Crippen LogP) is 4.43. The second-order valence-corrected chi connectivity index (χ2v) is 7.33. The summed E-state index contributed by atoms with van der Waals surface area (Å²) in [7, 11) is 0. The Kier molecular flexibility index (Phi) is 4.90. The average molecular weight is 378 g/mol. The third-order valence-corrected chi connectivity index (χ3v) is 4.86. The van der Waals surface area contributed by atoms with E-state index in [1.165, 1.54) is 17.2 Å². The molecule has 0 spiro atoms. The van der Waals surface area contributed by atoms with Crippen LogP contribution in [0.2, 0.25) is 0 Å². The number of hydrogen-bond donors (Lipinski definition) is 0. The molecular formula is C23H22O5. The molecule has 0 fully saturated rings. The first-order valence-corrected chi connectivity index (χ1v) is 9.52. The normalized spacial score (nSPS) is 13.0. The van der Waals surface area contributed by atoms with E-state index < -0.39 is 11.6 Å². The zero-order valence-corrected chi connectivity index (χ0v) is 16.0. The van der Waals surface area contributed by atoms with E-state index in [1.54, 1.807) is 24.3 Å². The molecule has 0 amide bonds. The topological polar surface area (TPSA) is 65.7 Å². The van der Waals surface area contributed by atoms with Crippen molar-refractivity contribution in [3.8, 4) is 5.75 Å². The molecule has 28 heavy (non-hydrogen) atoms. The highest BCUT2D eigenvalue weighted by Crippen LogP contribution is 2.29. The minimum Gasteiger partial charge on any atom is -0.491 e. The van der Waals surface area contributed by atoms with Crippen LogP contribution in [-0.4, -0.2) is 12.1 Å². The Morgan fingerprint density at radius 2 is 1.79 bits per heavy atom. The summed E-state index contributed by atoms with van der Waals surface area (Å²) >= 11 is 0. The Morgan fingerprint density at radius 1 is 1.07 bits per heavy atom. The fourth-order valence-electron chi connectivity index (χ4n) is 3.58. The summed E-state index contributed by atoms with van der Waals surface area (Å²) in [4.78, 5) is 24.3. The van der Waals surface area contributed by atoms with Crippen LogP contribution in [0.3, 0.4) is 0 Å². The van der Waals surface area contributed by atoms with Gasteiger partial charge in [0.1, 0.15) is 17.9 Å². The van der Waals surface area contributed by atoms with E-state index in [0.29, 0.717) is 22.5 Å². The minimum atomic E-state index is -0.446. The number of hydrogen-bond acceptors (Lipinski definition) is 5. The summed E-state index contributed by atoms with van der Waals surface area (Å²) in [5.41, 5.74) is 3.71. The van der Waals surface area contributed by atoms with Crippen LogP contribution in [0.1, 0.15) is 47.3 Å². The summed E-state index contributed by atoms with van der Waals surface area (Å²) in [6.07, 6.45) is 3.20. The molecule has 0 saturated carbocycles. The number of ether oxygens (including phenoxy) is 2. The van der Waals surface area contributed by atoms with E-state index in [9.17, 15) is 9.59 Å². The van der Waals surface area contributed by atoms with Gasteiger partial charge in [-0.15, -0.1) is 0 Å². The van der Waals surface area contributed by atoms with Crippen LogP contribution in [-0.2, 0) is 24.2 Å². The summed E-state index contributed by atoms with van der Waals surface area (Å²) in [6.45, 7) is 3.90. The van der Waals surface area contributed by atoms with Crippen LogP contribution in [0.5, 0.6) is 5.75 Å².